The predicted octanol–water partition coefficient (Wildman–Crippen LogP) is 6.03. The van der Waals surface area contributed by atoms with Crippen LogP contribution in [-0.2, 0) is 12.4 Å². The number of amides is 1. The number of hydrogen-bond donors (Lipinski definition) is 1. The van der Waals surface area contributed by atoms with Gasteiger partial charge in [-0.1, -0.05) is 9.24 Å². The highest BCUT2D eigenvalue weighted by molar-refractivity contribution is 7.41. The Hall–Kier alpha value is -1.88. The lowest BCUT2D eigenvalue weighted by atomic mass is 9.94. The maximum atomic E-state index is 13.1. The van der Waals surface area contributed by atoms with Crippen LogP contribution in [0.3, 0.4) is 0 Å². The van der Waals surface area contributed by atoms with Crippen LogP contribution in [0.15, 0.2) is 23.2 Å². The molecule has 1 N–H and O–H groups in total. The van der Waals surface area contributed by atoms with Gasteiger partial charge in [0.2, 0.25) is 0 Å². The SMILES string of the molecule is CC(C)(C(P)=NCCN1CCC(CNC(=O)c2cc(C(F)(F)F)cc(C(F)(F)F)c2)CC1)C(F)(F)F. The van der Waals surface area contributed by atoms with Gasteiger partial charge in [0.1, 0.15) is 5.41 Å². The van der Waals surface area contributed by atoms with E-state index in [4.69, 9.17) is 0 Å². The van der Waals surface area contributed by atoms with E-state index < -0.39 is 46.5 Å². The van der Waals surface area contributed by atoms with E-state index in [0.29, 0.717) is 44.6 Å². The lowest BCUT2D eigenvalue weighted by Crippen LogP contribution is -2.40. The van der Waals surface area contributed by atoms with Crippen molar-refractivity contribution in [2.24, 2.45) is 16.3 Å². The molecule has 1 fully saturated rings. The molecule has 1 aromatic rings. The number of nitrogens with zero attached hydrogens (tertiary/aromatic N) is 2. The van der Waals surface area contributed by atoms with Crippen molar-refractivity contribution in [1.82, 2.24) is 10.2 Å². The maximum Gasteiger partial charge on any atom is 0.416 e. The highest BCUT2D eigenvalue weighted by Crippen LogP contribution is 2.40. The van der Waals surface area contributed by atoms with Crippen LogP contribution in [0.25, 0.3) is 0 Å². The number of aliphatic imine (C=N–C) groups is 1. The molecule has 0 spiro atoms. The molecule has 0 bridgehead atoms. The Labute approximate surface area is 204 Å². The van der Waals surface area contributed by atoms with Crippen molar-refractivity contribution >= 4 is 20.6 Å². The largest absolute Gasteiger partial charge is 0.416 e. The Morgan fingerprint density at radius 1 is 0.972 bits per heavy atom. The van der Waals surface area contributed by atoms with E-state index in [2.05, 4.69) is 10.3 Å². The fraction of sp³-hybridized carbons (Fsp3) is 0.636. The van der Waals surface area contributed by atoms with E-state index in [1.54, 1.807) is 0 Å². The molecule has 1 aromatic carbocycles. The molecule has 2 rings (SSSR count). The zero-order valence-corrected chi connectivity index (χ0v) is 20.7. The third kappa shape index (κ3) is 8.06. The van der Waals surface area contributed by atoms with E-state index in [-0.39, 0.29) is 30.5 Å². The van der Waals surface area contributed by atoms with Gasteiger partial charge in [-0.2, -0.15) is 39.5 Å². The monoisotopic (exact) mass is 551 g/mol. The quantitative estimate of drug-likeness (QED) is 0.256. The first-order valence-corrected chi connectivity index (χ1v) is 11.6. The predicted molar refractivity (Wildman–Crippen MR) is 120 cm³/mol. The summed E-state index contributed by atoms with van der Waals surface area (Å²) in [5.41, 5.74) is -6.03. The molecule has 1 saturated heterocycles. The van der Waals surface area contributed by atoms with Crippen molar-refractivity contribution in [3.05, 3.63) is 34.9 Å². The first-order chi connectivity index (χ1) is 16.3. The van der Waals surface area contributed by atoms with Crippen LogP contribution < -0.4 is 5.32 Å². The molecule has 1 atom stereocenters. The average Bonchev–Trinajstić information content (AvgIpc) is 2.76. The average molecular weight is 551 g/mol. The van der Waals surface area contributed by atoms with Crippen LogP contribution in [0.2, 0.25) is 0 Å². The lowest BCUT2D eigenvalue weighted by Gasteiger charge is -2.32. The second-order valence-corrected chi connectivity index (χ2v) is 9.73. The van der Waals surface area contributed by atoms with Crippen molar-refractivity contribution < 1.29 is 44.3 Å². The number of alkyl halides is 9. The first-order valence-electron chi connectivity index (χ1n) is 11.0. The van der Waals surface area contributed by atoms with Crippen molar-refractivity contribution in [1.29, 1.82) is 0 Å². The van der Waals surface area contributed by atoms with Crippen LogP contribution >= 0.6 is 9.24 Å². The Morgan fingerprint density at radius 2 is 1.47 bits per heavy atom. The van der Waals surface area contributed by atoms with Gasteiger partial charge in [-0.3, -0.25) is 9.79 Å². The van der Waals surface area contributed by atoms with Gasteiger partial charge < -0.3 is 10.2 Å². The number of carbonyl (C=O) groups is 1. The zero-order valence-electron chi connectivity index (χ0n) is 19.5. The minimum Gasteiger partial charge on any atom is -0.352 e. The highest BCUT2D eigenvalue weighted by atomic mass is 31.0. The zero-order chi connectivity index (χ0) is 27.5. The third-order valence-electron chi connectivity index (χ3n) is 6.16. The smallest absolute Gasteiger partial charge is 0.352 e. The molecule has 0 aliphatic carbocycles. The van der Waals surface area contributed by atoms with Gasteiger partial charge >= 0.3 is 18.5 Å². The number of hydrogen-bond acceptors (Lipinski definition) is 3. The Bertz CT molecular complexity index is 915. The van der Waals surface area contributed by atoms with Crippen molar-refractivity contribution in [3.8, 4) is 0 Å². The Kier molecular flexibility index (Phi) is 9.48. The fourth-order valence-electron chi connectivity index (χ4n) is 3.49. The molecule has 4 nitrogen and oxygen atoms in total. The van der Waals surface area contributed by atoms with Crippen molar-refractivity contribution in [2.45, 2.75) is 45.2 Å². The third-order valence-corrected chi connectivity index (χ3v) is 7.06. The minimum atomic E-state index is -5.05. The van der Waals surface area contributed by atoms with Crippen LogP contribution in [0.1, 0.15) is 48.2 Å². The number of likely N-dealkylation sites (tertiary alicyclic amines) is 1. The van der Waals surface area contributed by atoms with Crippen LogP contribution in [0, 0.1) is 11.3 Å². The number of nitrogens with one attached hydrogen (secondary N) is 1. The van der Waals surface area contributed by atoms with Gasteiger partial charge in [0.25, 0.3) is 5.91 Å². The number of halogens is 9. The van der Waals surface area contributed by atoms with Gasteiger partial charge in [0.15, 0.2) is 0 Å². The fourth-order valence-corrected chi connectivity index (χ4v) is 3.79. The van der Waals surface area contributed by atoms with Crippen LogP contribution in [-0.4, -0.2) is 55.2 Å². The molecule has 1 aliphatic rings. The Balaban J connectivity index is 1.89. The van der Waals surface area contributed by atoms with Gasteiger partial charge in [0.05, 0.1) is 17.7 Å². The summed E-state index contributed by atoms with van der Waals surface area (Å²) in [6.45, 7) is 3.87. The van der Waals surface area contributed by atoms with Gasteiger partial charge in [-0.25, -0.2) is 0 Å². The van der Waals surface area contributed by atoms with Crippen LogP contribution in [0.4, 0.5) is 39.5 Å². The number of benzene rings is 1. The molecule has 1 aliphatic heterocycles. The lowest BCUT2D eigenvalue weighted by molar-refractivity contribution is -0.185. The van der Waals surface area contributed by atoms with E-state index in [1.807, 2.05) is 14.1 Å². The van der Waals surface area contributed by atoms with Gasteiger partial charge in [-0.15, -0.1) is 0 Å². The standard InChI is InChI=1S/C22H27F9N3OP/c1-19(2,22(29,30)31)18(36)32-5-8-34-6-3-13(4-7-34)12-33-17(35)14-9-15(20(23,24)25)11-16(10-14)21(26,27)28/h9-11,13H,3-8,12,36H2,1-2H3,(H,33,35). The van der Waals surface area contributed by atoms with Gasteiger partial charge in [-0.05, 0) is 63.9 Å². The topological polar surface area (TPSA) is 44.7 Å². The molecule has 204 valence electrons. The molecule has 36 heavy (non-hydrogen) atoms. The van der Waals surface area contributed by atoms with Crippen LogP contribution in [0.5, 0.6) is 0 Å². The molecule has 14 heteroatoms. The minimum absolute atomic E-state index is 0.0408. The van der Waals surface area contributed by atoms with E-state index in [0.717, 1.165) is 13.8 Å². The number of piperidine rings is 1. The summed E-state index contributed by atoms with van der Waals surface area (Å²) in [7, 11) is 2.03. The van der Waals surface area contributed by atoms with E-state index in [1.165, 1.54) is 0 Å². The molecular weight excluding hydrogens is 524 g/mol. The second kappa shape index (κ2) is 11.2. The number of rotatable bonds is 7. The summed E-state index contributed by atoms with van der Waals surface area (Å²) in [5.74, 6) is -1.09. The first kappa shape index (κ1) is 30.3. The molecule has 0 saturated carbocycles. The van der Waals surface area contributed by atoms with Crippen molar-refractivity contribution in [2.75, 3.05) is 32.7 Å². The summed E-state index contributed by atoms with van der Waals surface area (Å²) < 4.78 is 117. The summed E-state index contributed by atoms with van der Waals surface area (Å²) in [6.07, 6.45) is -13.4. The summed E-state index contributed by atoms with van der Waals surface area (Å²) in [4.78, 5) is 18.3. The highest BCUT2D eigenvalue weighted by Gasteiger charge is 2.49. The van der Waals surface area contributed by atoms with Gasteiger partial charge in [0, 0.05) is 24.1 Å². The molecule has 1 heterocycles. The summed E-state index contributed by atoms with van der Waals surface area (Å²) in [5, 5.41) is 2.41. The van der Waals surface area contributed by atoms with E-state index in [9.17, 15) is 44.3 Å². The van der Waals surface area contributed by atoms with E-state index >= 15 is 0 Å². The molecule has 1 unspecified atom stereocenters. The van der Waals surface area contributed by atoms with Crippen molar-refractivity contribution in [3.63, 3.8) is 0 Å². The molecule has 0 aromatic heterocycles. The second-order valence-electron chi connectivity index (χ2n) is 9.18. The normalized spacial score (nSPS) is 17.4. The number of carbonyl (C=O) groups excluding carboxylic acids is 1. The molecular formula is C22H27F9N3OP. The summed E-state index contributed by atoms with van der Waals surface area (Å²) in [6, 6.07) is 0.725. The maximum absolute atomic E-state index is 13.1. The summed E-state index contributed by atoms with van der Waals surface area (Å²) >= 11 is 0. The Morgan fingerprint density at radius 3 is 1.92 bits per heavy atom. The molecule has 1 amide bonds. The molecule has 0 radical (unpaired) electrons.